The first-order chi connectivity index (χ1) is 11.0. The van der Waals surface area contributed by atoms with Crippen molar-refractivity contribution in [2.45, 2.75) is 37.5 Å². The van der Waals surface area contributed by atoms with Crippen molar-refractivity contribution in [1.82, 2.24) is 9.62 Å². The van der Waals surface area contributed by atoms with Crippen LogP contribution in [0.25, 0.3) is 0 Å². The summed E-state index contributed by atoms with van der Waals surface area (Å²) in [7, 11) is -3.30. The van der Waals surface area contributed by atoms with Crippen LogP contribution >= 0.6 is 0 Å². The first-order valence-corrected chi connectivity index (χ1v) is 9.63. The molecule has 6 nitrogen and oxygen atoms in total. The Hall–Kier alpha value is -1.44. The maximum atomic E-state index is 12.4. The number of nitrogens with one attached hydrogen (secondary N) is 1. The van der Waals surface area contributed by atoms with Crippen molar-refractivity contribution >= 4 is 15.9 Å². The molecule has 128 valence electrons. The van der Waals surface area contributed by atoms with Gasteiger partial charge in [-0.25, -0.2) is 12.7 Å². The number of nitrogens with zero attached hydrogens (tertiary/aromatic N) is 1. The van der Waals surface area contributed by atoms with Crippen LogP contribution in [0.1, 0.15) is 31.2 Å². The minimum absolute atomic E-state index is 0.000965. The Morgan fingerprint density at radius 1 is 1.22 bits per heavy atom. The third-order valence-electron chi connectivity index (χ3n) is 4.01. The standard InChI is InChI=1S/C16H25N3O3S/c17-10-4-7-16(20)18-15-8-11-19(12-9-15)23(21,22)13-14-5-2-1-3-6-14/h1-3,5-6,15H,4,7-13,17H2,(H,18,20). The Kier molecular flexibility index (Phi) is 6.56. The van der Waals surface area contributed by atoms with Crippen LogP contribution in [0.4, 0.5) is 0 Å². The molecule has 0 bridgehead atoms. The molecule has 1 amide bonds. The van der Waals surface area contributed by atoms with Gasteiger partial charge in [0.05, 0.1) is 5.75 Å². The minimum atomic E-state index is -3.30. The van der Waals surface area contributed by atoms with E-state index in [9.17, 15) is 13.2 Å². The zero-order valence-electron chi connectivity index (χ0n) is 13.3. The van der Waals surface area contributed by atoms with Crippen LogP contribution < -0.4 is 11.1 Å². The van der Waals surface area contributed by atoms with E-state index in [2.05, 4.69) is 5.32 Å². The Morgan fingerprint density at radius 2 is 1.87 bits per heavy atom. The van der Waals surface area contributed by atoms with Gasteiger partial charge in [-0.3, -0.25) is 4.79 Å². The third-order valence-corrected chi connectivity index (χ3v) is 5.86. The molecule has 0 saturated carbocycles. The number of hydrogen-bond donors (Lipinski definition) is 2. The normalized spacial score (nSPS) is 17.1. The number of sulfonamides is 1. The van der Waals surface area contributed by atoms with E-state index >= 15 is 0 Å². The molecule has 7 heteroatoms. The van der Waals surface area contributed by atoms with Gasteiger partial charge < -0.3 is 11.1 Å². The molecule has 1 aromatic carbocycles. The largest absolute Gasteiger partial charge is 0.353 e. The molecule has 1 heterocycles. The van der Waals surface area contributed by atoms with Crippen molar-refractivity contribution in [3.8, 4) is 0 Å². The van der Waals surface area contributed by atoms with Gasteiger partial charge in [-0.1, -0.05) is 30.3 Å². The highest BCUT2D eigenvalue weighted by Crippen LogP contribution is 2.17. The molecule has 3 N–H and O–H groups in total. The highest BCUT2D eigenvalue weighted by Gasteiger charge is 2.28. The fourth-order valence-corrected chi connectivity index (χ4v) is 4.28. The predicted octanol–water partition coefficient (Wildman–Crippen LogP) is 0.836. The van der Waals surface area contributed by atoms with Gasteiger partial charge in [0, 0.05) is 25.6 Å². The lowest BCUT2D eigenvalue weighted by molar-refractivity contribution is -0.122. The maximum absolute atomic E-state index is 12.4. The Labute approximate surface area is 138 Å². The van der Waals surface area contributed by atoms with Gasteiger partial charge in [-0.15, -0.1) is 0 Å². The second kappa shape index (κ2) is 8.42. The third kappa shape index (κ3) is 5.60. The Bertz CT molecular complexity index is 596. The number of benzene rings is 1. The number of amides is 1. The first-order valence-electron chi connectivity index (χ1n) is 8.02. The second-order valence-electron chi connectivity index (χ2n) is 5.87. The topological polar surface area (TPSA) is 92.5 Å². The molecule has 23 heavy (non-hydrogen) atoms. The lowest BCUT2D eigenvalue weighted by Crippen LogP contribution is -2.46. The summed E-state index contributed by atoms with van der Waals surface area (Å²) in [4.78, 5) is 11.7. The van der Waals surface area contributed by atoms with Crippen LogP contribution in [-0.4, -0.2) is 44.3 Å². The van der Waals surface area contributed by atoms with Crippen molar-refractivity contribution in [2.75, 3.05) is 19.6 Å². The summed E-state index contributed by atoms with van der Waals surface area (Å²) in [6.07, 6.45) is 2.42. The lowest BCUT2D eigenvalue weighted by atomic mass is 10.1. The smallest absolute Gasteiger partial charge is 0.220 e. The van der Waals surface area contributed by atoms with Crippen LogP contribution in [0.15, 0.2) is 30.3 Å². The van der Waals surface area contributed by atoms with Crippen LogP contribution in [0.3, 0.4) is 0 Å². The quantitative estimate of drug-likeness (QED) is 0.770. The summed E-state index contributed by atoms with van der Waals surface area (Å²) >= 11 is 0. The number of rotatable bonds is 7. The number of piperidine rings is 1. The molecule has 1 saturated heterocycles. The van der Waals surface area contributed by atoms with E-state index in [1.54, 1.807) is 0 Å². The zero-order valence-corrected chi connectivity index (χ0v) is 14.1. The Balaban J connectivity index is 1.82. The number of carbonyl (C=O) groups is 1. The zero-order chi connectivity index (χ0) is 16.7. The van der Waals surface area contributed by atoms with E-state index in [4.69, 9.17) is 5.73 Å². The van der Waals surface area contributed by atoms with E-state index in [0.717, 1.165) is 5.56 Å². The van der Waals surface area contributed by atoms with Crippen molar-refractivity contribution in [3.05, 3.63) is 35.9 Å². The molecule has 1 aliphatic rings. The van der Waals surface area contributed by atoms with E-state index in [-0.39, 0.29) is 17.7 Å². The van der Waals surface area contributed by atoms with Crippen LogP contribution in [0.5, 0.6) is 0 Å². The van der Waals surface area contributed by atoms with Gasteiger partial charge in [-0.05, 0) is 31.4 Å². The molecule has 0 aliphatic carbocycles. The molecule has 1 aromatic rings. The lowest BCUT2D eigenvalue weighted by Gasteiger charge is -2.31. The summed E-state index contributed by atoms with van der Waals surface area (Å²) in [5, 5.41) is 2.96. The van der Waals surface area contributed by atoms with E-state index in [0.29, 0.717) is 45.3 Å². The van der Waals surface area contributed by atoms with Crippen molar-refractivity contribution < 1.29 is 13.2 Å². The van der Waals surface area contributed by atoms with Crippen LogP contribution in [0.2, 0.25) is 0 Å². The summed E-state index contributed by atoms with van der Waals surface area (Å²) < 4.78 is 26.4. The molecular weight excluding hydrogens is 314 g/mol. The number of carbonyl (C=O) groups excluding carboxylic acids is 1. The molecule has 0 unspecified atom stereocenters. The van der Waals surface area contributed by atoms with Gasteiger partial charge >= 0.3 is 0 Å². The molecule has 0 spiro atoms. The fourth-order valence-electron chi connectivity index (χ4n) is 2.72. The summed E-state index contributed by atoms with van der Waals surface area (Å²) in [6, 6.07) is 9.25. The monoisotopic (exact) mass is 339 g/mol. The van der Waals surface area contributed by atoms with Crippen molar-refractivity contribution in [1.29, 1.82) is 0 Å². The molecular formula is C16H25N3O3S. The van der Waals surface area contributed by atoms with E-state index in [1.165, 1.54) is 4.31 Å². The average molecular weight is 339 g/mol. The molecule has 2 rings (SSSR count). The predicted molar refractivity (Wildman–Crippen MR) is 90.1 cm³/mol. The Morgan fingerprint density at radius 3 is 2.48 bits per heavy atom. The highest BCUT2D eigenvalue weighted by molar-refractivity contribution is 7.88. The molecule has 1 aliphatic heterocycles. The molecule has 0 radical (unpaired) electrons. The van der Waals surface area contributed by atoms with Gasteiger partial charge in [-0.2, -0.15) is 0 Å². The van der Waals surface area contributed by atoms with E-state index in [1.807, 2.05) is 30.3 Å². The van der Waals surface area contributed by atoms with Gasteiger partial charge in [0.1, 0.15) is 0 Å². The van der Waals surface area contributed by atoms with Gasteiger partial charge in [0.2, 0.25) is 15.9 Å². The second-order valence-corrected chi connectivity index (χ2v) is 7.84. The van der Waals surface area contributed by atoms with Crippen molar-refractivity contribution in [3.63, 3.8) is 0 Å². The summed E-state index contributed by atoms with van der Waals surface area (Å²) in [5.74, 6) is 0.0301. The van der Waals surface area contributed by atoms with Crippen molar-refractivity contribution in [2.24, 2.45) is 5.73 Å². The summed E-state index contributed by atoms with van der Waals surface area (Å²) in [5.41, 5.74) is 6.18. The maximum Gasteiger partial charge on any atom is 0.220 e. The van der Waals surface area contributed by atoms with Gasteiger partial charge in [0.15, 0.2) is 0 Å². The van der Waals surface area contributed by atoms with Crippen LogP contribution in [0, 0.1) is 0 Å². The van der Waals surface area contributed by atoms with Gasteiger partial charge in [0.25, 0.3) is 0 Å². The molecule has 0 atom stereocenters. The fraction of sp³-hybridized carbons (Fsp3) is 0.562. The van der Waals surface area contributed by atoms with E-state index < -0.39 is 10.0 Å². The number of nitrogens with two attached hydrogens (primary N) is 1. The minimum Gasteiger partial charge on any atom is -0.353 e. The SMILES string of the molecule is NCCCC(=O)NC1CCN(S(=O)(=O)Cc2ccccc2)CC1. The first kappa shape index (κ1) is 17.9. The summed E-state index contributed by atoms with van der Waals surface area (Å²) in [6.45, 7) is 1.41. The molecule has 0 aromatic heterocycles. The molecule has 1 fully saturated rings. The average Bonchev–Trinajstić information content (AvgIpc) is 2.54. The number of hydrogen-bond acceptors (Lipinski definition) is 4. The van der Waals surface area contributed by atoms with Crippen LogP contribution in [-0.2, 0) is 20.6 Å². The highest BCUT2D eigenvalue weighted by atomic mass is 32.2.